The molecule has 4 rings (SSSR count). The van der Waals surface area contributed by atoms with Crippen LogP contribution in [0.4, 0.5) is 5.82 Å². The van der Waals surface area contributed by atoms with Crippen molar-refractivity contribution in [3.05, 3.63) is 60.2 Å². The molecule has 0 aliphatic carbocycles. The fraction of sp³-hybridized carbons (Fsp3) is 0.261. The summed E-state index contributed by atoms with van der Waals surface area (Å²) in [7, 11) is 3.23. The van der Waals surface area contributed by atoms with Gasteiger partial charge in [0.2, 0.25) is 11.8 Å². The number of fused-ring (bicyclic) bond motifs is 1. The highest BCUT2D eigenvalue weighted by molar-refractivity contribution is 5.99. The maximum atomic E-state index is 12.5. The predicted molar refractivity (Wildman–Crippen MR) is 116 cm³/mol. The predicted octanol–water partition coefficient (Wildman–Crippen LogP) is 2.62. The number of hydrogen-bond acceptors (Lipinski definition) is 5. The van der Waals surface area contributed by atoms with Gasteiger partial charge in [0, 0.05) is 24.6 Å². The molecular weight excluding hydrogens is 396 g/mol. The van der Waals surface area contributed by atoms with Gasteiger partial charge in [-0.3, -0.25) is 14.5 Å². The van der Waals surface area contributed by atoms with Gasteiger partial charge in [-0.25, -0.2) is 4.68 Å². The zero-order valence-electron chi connectivity index (χ0n) is 17.5. The quantitative estimate of drug-likeness (QED) is 0.635. The van der Waals surface area contributed by atoms with Gasteiger partial charge in [-0.2, -0.15) is 5.10 Å². The molecule has 31 heavy (non-hydrogen) atoms. The molecule has 2 heterocycles. The van der Waals surface area contributed by atoms with Crippen LogP contribution in [-0.4, -0.2) is 42.4 Å². The van der Waals surface area contributed by atoms with Crippen LogP contribution in [0.1, 0.15) is 12.0 Å². The van der Waals surface area contributed by atoms with E-state index in [4.69, 9.17) is 9.47 Å². The summed E-state index contributed by atoms with van der Waals surface area (Å²) in [6, 6.07) is 16.9. The molecule has 1 aromatic heterocycles. The molecule has 0 atom stereocenters. The molecule has 0 saturated heterocycles. The molecule has 2 aromatic carbocycles. The van der Waals surface area contributed by atoms with Gasteiger partial charge in [0.1, 0.15) is 23.9 Å². The molecule has 0 fully saturated rings. The van der Waals surface area contributed by atoms with Gasteiger partial charge in [-0.15, -0.1) is 0 Å². The standard InChI is InChI=1S/C23H24N4O4/c1-30-18-7-3-16(4-8-18)14-24-21(28)15-26-22-13-20(25-27(22)12-11-23(26)29)17-5-9-19(31-2)10-6-17/h3-10,13H,11-12,14-15H2,1-2H3,(H,24,28). The third-order valence-corrected chi connectivity index (χ3v) is 5.21. The molecule has 0 radical (unpaired) electrons. The van der Waals surface area contributed by atoms with Crippen molar-refractivity contribution in [3.8, 4) is 22.8 Å². The average Bonchev–Trinajstić information content (AvgIpc) is 3.24. The summed E-state index contributed by atoms with van der Waals surface area (Å²) in [6.45, 7) is 0.818. The number of carbonyl (C=O) groups excluding carboxylic acids is 2. The molecule has 8 heteroatoms. The number of nitrogens with zero attached hydrogens (tertiary/aromatic N) is 3. The molecule has 0 spiro atoms. The van der Waals surface area contributed by atoms with Crippen molar-refractivity contribution in [2.45, 2.75) is 19.5 Å². The van der Waals surface area contributed by atoms with Crippen LogP contribution in [0.5, 0.6) is 11.5 Å². The fourth-order valence-corrected chi connectivity index (χ4v) is 3.47. The molecule has 0 saturated carbocycles. The summed E-state index contributed by atoms with van der Waals surface area (Å²) in [6.07, 6.45) is 0.308. The maximum Gasteiger partial charge on any atom is 0.240 e. The minimum absolute atomic E-state index is 0.0528. The average molecular weight is 420 g/mol. The van der Waals surface area contributed by atoms with Crippen LogP contribution < -0.4 is 19.7 Å². The van der Waals surface area contributed by atoms with E-state index < -0.39 is 0 Å². The van der Waals surface area contributed by atoms with E-state index in [2.05, 4.69) is 10.4 Å². The molecular formula is C23H24N4O4. The largest absolute Gasteiger partial charge is 0.497 e. The van der Waals surface area contributed by atoms with Gasteiger partial charge < -0.3 is 14.8 Å². The van der Waals surface area contributed by atoms with E-state index in [9.17, 15) is 9.59 Å². The van der Waals surface area contributed by atoms with Gasteiger partial charge in [0.25, 0.3) is 0 Å². The lowest BCUT2D eigenvalue weighted by Crippen LogP contribution is -2.44. The second-order valence-corrected chi connectivity index (χ2v) is 7.19. The number of hydrogen-bond donors (Lipinski definition) is 1. The fourth-order valence-electron chi connectivity index (χ4n) is 3.47. The summed E-state index contributed by atoms with van der Waals surface area (Å²) in [5.41, 5.74) is 2.61. The van der Waals surface area contributed by atoms with Gasteiger partial charge >= 0.3 is 0 Å². The maximum absolute atomic E-state index is 12.5. The highest BCUT2D eigenvalue weighted by Crippen LogP contribution is 2.29. The summed E-state index contributed by atoms with van der Waals surface area (Å²) in [4.78, 5) is 26.6. The first-order chi connectivity index (χ1) is 15.1. The summed E-state index contributed by atoms with van der Waals surface area (Å²) in [5, 5.41) is 7.49. The number of benzene rings is 2. The number of aryl methyl sites for hydroxylation is 1. The Hall–Kier alpha value is -3.81. The highest BCUT2D eigenvalue weighted by Gasteiger charge is 2.28. The molecule has 2 amide bonds. The van der Waals surface area contributed by atoms with Crippen molar-refractivity contribution >= 4 is 17.6 Å². The van der Waals surface area contributed by atoms with E-state index in [1.807, 2.05) is 54.6 Å². The highest BCUT2D eigenvalue weighted by atomic mass is 16.5. The van der Waals surface area contributed by atoms with Crippen molar-refractivity contribution in [1.29, 1.82) is 0 Å². The van der Waals surface area contributed by atoms with Gasteiger partial charge in [0.05, 0.1) is 26.5 Å². The van der Waals surface area contributed by atoms with E-state index in [0.29, 0.717) is 25.3 Å². The van der Waals surface area contributed by atoms with Crippen LogP contribution in [0.2, 0.25) is 0 Å². The second kappa shape index (κ2) is 8.91. The first-order valence-electron chi connectivity index (χ1n) is 9.99. The molecule has 160 valence electrons. The summed E-state index contributed by atoms with van der Waals surface area (Å²) in [5.74, 6) is 1.83. The van der Waals surface area contributed by atoms with Crippen LogP contribution in [0.3, 0.4) is 0 Å². The Morgan fingerprint density at radius 1 is 1.03 bits per heavy atom. The SMILES string of the molecule is COc1ccc(CNC(=O)CN2C(=O)CCn3nc(-c4ccc(OC)cc4)cc32)cc1. The minimum Gasteiger partial charge on any atom is -0.497 e. The summed E-state index contributed by atoms with van der Waals surface area (Å²) < 4.78 is 12.1. The molecule has 1 aliphatic heterocycles. The number of rotatable bonds is 7. The van der Waals surface area contributed by atoms with Crippen molar-refractivity contribution in [2.24, 2.45) is 0 Å². The molecule has 3 aromatic rings. The zero-order valence-corrected chi connectivity index (χ0v) is 17.5. The number of anilines is 1. The van der Waals surface area contributed by atoms with Crippen molar-refractivity contribution in [3.63, 3.8) is 0 Å². The Balaban J connectivity index is 1.45. The lowest BCUT2D eigenvalue weighted by Gasteiger charge is -2.26. The van der Waals surface area contributed by atoms with Gasteiger partial charge in [0.15, 0.2) is 0 Å². The van der Waals surface area contributed by atoms with E-state index >= 15 is 0 Å². The Morgan fingerprint density at radius 2 is 1.68 bits per heavy atom. The van der Waals surface area contributed by atoms with E-state index in [-0.39, 0.29) is 18.4 Å². The van der Waals surface area contributed by atoms with E-state index in [0.717, 1.165) is 28.3 Å². The van der Waals surface area contributed by atoms with Crippen LogP contribution in [0.15, 0.2) is 54.6 Å². The van der Waals surface area contributed by atoms with Crippen LogP contribution in [-0.2, 0) is 22.7 Å². The Bertz CT molecular complexity index is 1070. The number of aromatic nitrogens is 2. The Labute approximate surface area is 180 Å². The first-order valence-corrected chi connectivity index (χ1v) is 9.99. The van der Waals surface area contributed by atoms with Crippen molar-refractivity contribution < 1.29 is 19.1 Å². The molecule has 1 N–H and O–H groups in total. The molecule has 0 bridgehead atoms. The topological polar surface area (TPSA) is 85.7 Å². The smallest absolute Gasteiger partial charge is 0.240 e. The number of nitrogens with one attached hydrogen (secondary N) is 1. The molecule has 0 unspecified atom stereocenters. The number of carbonyl (C=O) groups is 2. The lowest BCUT2D eigenvalue weighted by molar-refractivity contribution is -0.124. The van der Waals surface area contributed by atoms with Gasteiger partial charge in [-0.1, -0.05) is 12.1 Å². The Morgan fingerprint density at radius 3 is 2.32 bits per heavy atom. The Kier molecular flexibility index (Phi) is 5.88. The number of amides is 2. The van der Waals surface area contributed by atoms with E-state index in [1.165, 1.54) is 4.90 Å². The third kappa shape index (κ3) is 4.53. The monoisotopic (exact) mass is 420 g/mol. The normalized spacial score (nSPS) is 13.0. The van der Waals surface area contributed by atoms with Crippen LogP contribution in [0.25, 0.3) is 11.3 Å². The molecule has 1 aliphatic rings. The van der Waals surface area contributed by atoms with E-state index in [1.54, 1.807) is 18.9 Å². The van der Waals surface area contributed by atoms with Crippen molar-refractivity contribution in [2.75, 3.05) is 25.7 Å². The second-order valence-electron chi connectivity index (χ2n) is 7.19. The first kappa shape index (κ1) is 20.5. The third-order valence-electron chi connectivity index (χ3n) is 5.21. The lowest BCUT2D eigenvalue weighted by atomic mass is 10.1. The number of methoxy groups -OCH3 is 2. The molecule has 8 nitrogen and oxygen atoms in total. The van der Waals surface area contributed by atoms with Gasteiger partial charge in [-0.05, 0) is 42.0 Å². The van der Waals surface area contributed by atoms with Crippen LogP contribution >= 0.6 is 0 Å². The number of ether oxygens (including phenoxy) is 2. The van der Waals surface area contributed by atoms with Crippen molar-refractivity contribution in [1.82, 2.24) is 15.1 Å². The zero-order chi connectivity index (χ0) is 21.8. The van der Waals surface area contributed by atoms with Crippen LogP contribution in [0, 0.1) is 0 Å². The summed E-state index contributed by atoms with van der Waals surface area (Å²) >= 11 is 0. The minimum atomic E-state index is -0.232.